The Morgan fingerprint density at radius 2 is 1.33 bits per heavy atom. The Labute approximate surface area is 255 Å². The second-order valence-corrected chi connectivity index (χ2v) is 12.7. The highest BCUT2D eigenvalue weighted by molar-refractivity contribution is 6.34. The van der Waals surface area contributed by atoms with Crippen LogP contribution in [0.1, 0.15) is 129 Å². The van der Waals surface area contributed by atoms with Crippen molar-refractivity contribution in [1.29, 1.82) is 0 Å². The van der Waals surface area contributed by atoms with Crippen molar-refractivity contribution < 1.29 is 9.68 Å². The molecular formula is C38H54N3O+. The number of aromatic hydroxyl groups is 1. The average Bonchev–Trinajstić information content (AvgIpc) is 3.21. The Morgan fingerprint density at radius 1 is 0.738 bits per heavy atom. The van der Waals surface area contributed by atoms with Gasteiger partial charge >= 0.3 is 0 Å². The first-order valence-corrected chi connectivity index (χ1v) is 16.9. The van der Waals surface area contributed by atoms with Crippen LogP contribution in [0.5, 0.6) is 5.75 Å². The molecule has 42 heavy (non-hydrogen) atoms. The summed E-state index contributed by atoms with van der Waals surface area (Å²) in [5, 5.41) is 11.5. The van der Waals surface area contributed by atoms with Gasteiger partial charge in [-0.25, -0.2) is 4.99 Å². The Hall–Kier alpha value is -3.01. The van der Waals surface area contributed by atoms with Gasteiger partial charge in [-0.15, -0.1) is 0 Å². The van der Waals surface area contributed by atoms with E-state index < -0.39 is 0 Å². The molecule has 0 bridgehead atoms. The number of para-hydroxylation sites is 1. The van der Waals surface area contributed by atoms with E-state index in [-0.39, 0.29) is 11.2 Å². The van der Waals surface area contributed by atoms with Crippen LogP contribution in [0.3, 0.4) is 0 Å². The molecule has 0 aliphatic carbocycles. The van der Waals surface area contributed by atoms with Crippen molar-refractivity contribution in [1.82, 2.24) is 4.98 Å². The number of pyridine rings is 1. The van der Waals surface area contributed by atoms with Crippen LogP contribution in [0.2, 0.25) is 0 Å². The van der Waals surface area contributed by atoms with E-state index in [0.29, 0.717) is 5.69 Å². The van der Waals surface area contributed by atoms with E-state index in [2.05, 4.69) is 54.6 Å². The SMILES string of the molecule is CCCCCCCCCCCCCCCCCC[N+]1=C(C=Nc2c(O)ccc3ncccc23)C(C)(C)c2ccccc21. The maximum absolute atomic E-state index is 10.6. The van der Waals surface area contributed by atoms with E-state index >= 15 is 0 Å². The summed E-state index contributed by atoms with van der Waals surface area (Å²) >= 11 is 0. The molecule has 0 spiro atoms. The molecule has 0 atom stereocenters. The van der Waals surface area contributed by atoms with Crippen LogP contribution in [-0.2, 0) is 5.41 Å². The molecular weight excluding hydrogens is 514 g/mol. The molecule has 1 aliphatic heterocycles. The van der Waals surface area contributed by atoms with Crippen molar-refractivity contribution in [3.05, 3.63) is 60.3 Å². The molecule has 4 nitrogen and oxygen atoms in total. The maximum Gasteiger partial charge on any atom is 0.210 e. The van der Waals surface area contributed by atoms with Gasteiger partial charge in [0.05, 0.1) is 17.1 Å². The van der Waals surface area contributed by atoms with Gasteiger partial charge < -0.3 is 5.11 Å². The van der Waals surface area contributed by atoms with Crippen LogP contribution in [0.25, 0.3) is 10.9 Å². The molecule has 4 rings (SSSR count). The first-order chi connectivity index (χ1) is 20.5. The lowest BCUT2D eigenvalue weighted by Crippen LogP contribution is -2.30. The molecule has 2 heterocycles. The third kappa shape index (κ3) is 8.52. The lowest BCUT2D eigenvalue weighted by atomic mass is 9.82. The number of phenols is 1. The molecule has 4 heteroatoms. The zero-order chi connectivity index (χ0) is 29.6. The number of aromatic nitrogens is 1. The lowest BCUT2D eigenvalue weighted by Gasteiger charge is -2.15. The van der Waals surface area contributed by atoms with Crippen LogP contribution < -0.4 is 0 Å². The quantitative estimate of drug-likeness (QED) is 0.0888. The Bertz CT molecular complexity index is 1320. The highest BCUT2D eigenvalue weighted by atomic mass is 16.3. The largest absolute Gasteiger partial charge is 0.506 e. The zero-order valence-electron chi connectivity index (χ0n) is 26.6. The van der Waals surface area contributed by atoms with Gasteiger partial charge in [0.2, 0.25) is 11.4 Å². The molecule has 3 aromatic rings. The Morgan fingerprint density at radius 3 is 1.98 bits per heavy atom. The zero-order valence-corrected chi connectivity index (χ0v) is 26.6. The lowest BCUT2D eigenvalue weighted by molar-refractivity contribution is -0.437. The summed E-state index contributed by atoms with van der Waals surface area (Å²) < 4.78 is 2.46. The molecule has 1 N–H and O–H groups in total. The molecule has 1 aliphatic rings. The molecule has 0 unspecified atom stereocenters. The smallest absolute Gasteiger partial charge is 0.210 e. The summed E-state index contributed by atoms with van der Waals surface area (Å²) in [6.45, 7) is 7.85. The van der Waals surface area contributed by atoms with E-state index in [1.807, 2.05) is 24.4 Å². The van der Waals surface area contributed by atoms with Crippen molar-refractivity contribution in [2.75, 3.05) is 6.54 Å². The molecule has 0 saturated heterocycles. The predicted molar refractivity (Wildman–Crippen MR) is 180 cm³/mol. The van der Waals surface area contributed by atoms with E-state index in [0.717, 1.165) is 17.4 Å². The second kappa shape index (κ2) is 16.6. The summed E-state index contributed by atoms with van der Waals surface area (Å²) in [5.74, 6) is 0.185. The number of unbranched alkanes of at least 4 members (excludes halogenated alkanes) is 15. The fraction of sp³-hybridized carbons (Fsp3) is 0.553. The van der Waals surface area contributed by atoms with E-state index in [1.165, 1.54) is 120 Å². The van der Waals surface area contributed by atoms with Crippen molar-refractivity contribution in [2.45, 2.75) is 129 Å². The van der Waals surface area contributed by atoms with Crippen LogP contribution in [-0.4, -0.2) is 33.1 Å². The van der Waals surface area contributed by atoms with Gasteiger partial charge in [0.1, 0.15) is 18.0 Å². The normalized spacial score (nSPS) is 14.4. The Balaban J connectivity index is 1.25. The van der Waals surface area contributed by atoms with Gasteiger partial charge in [-0.2, -0.15) is 4.58 Å². The number of phenolic OH excluding ortho intramolecular Hbond substituents is 1. The van der Waals surface area contributed by atoms with Gasteiger partial charge in [0.15, 0.2) is 0 Å². The third-order valence-corrected chi connectivity index (χ3v) is 9.09. The van der Waals surface area contributed by atoms with Gasteiger partial charge in [-0.1, -0.05) is 115 Å². The molecule has 0 saturated carbocycles. The fourth-order valence-corrected chi connectivity index (χ4v) is 6.52. The summed E-state index contributed by atoms with van der Waals surface area (Å²) in [6.07, 6.45) is 25.9. The second-order valence-electron chi connectivity index (χ2n) is 12.7. The van der Waals surface area contributed by atoms with Crippen LogP contribution in [0.4, 0.5) is 11.4 Å². The number of fused-ring (bicyclic) bond motifs is 2. The highest BCUT2D eigenvalue weighted by Crippen LogP contribution is 2.40. The van der Waals surface area contributed by atoms with Crippen molar-refractivity contribution in [3.8, 4) is 5.75 Å². The van der Waals surface area contributed by atoms with Gasteiger partial charge in [0, 0.05) is 29.6 Å². The minimum absolute atomic E-state index is 0.159. The van der Waals surface area contributed by atoms with Crippen molar-refractivity contribution in [2.24, 2.45) is 4.99 Å². The minimum atomic E-state index is -0.159. The summed E-state index contributed by atoms with van der Waals surface area (Å²) in [6, 6.07) is 16.2. The molecule has 1 aromatic heterocycles. The number of hydrogen-bond acceptors (Lipinski definition) is 3. The monoisotopic (exact) mass is 568 g/mol. The maximum atomic E-state index is 10.6. The van der Waals surface area contributed by atoms with E-state index in [4.69, 9.17) is 4.99 Å². The van der Waals surface area contributed by atoms with Gasteiger partial charge in [0.25, 0.3) is 0 Å². The van der Waals surface area contributed by atoms with Crippen LogP contribution in [0.15, 0.2) is 59.7 Å². The summed E-state index contributed by atoms with van der Waals surface area (Å²) in [4.78, 5) is 9.32. The van der Waals surface area contributed by atoms with Crippen LogP contribution >= 0.6 is 0 Å². The predicted octanol–water partition coefficient (Wildman–Crippen LogP) is 11.0. The average molecular weight is 569 g/mol. The number of hydrogen-bond donors (Lipinski definition) is 1. The Kier molecular flexibility index (Phi) is 12.6. The highest BCUT2D eigenvalue weighted by Gasteiger charge is 2.44. The van der Waals surface area contributed by atoms with E-state index in [1.54, 1.807) is 12.3 Å². The summed E-state index contributed by atoms with van der Waals surface area (Å²) in [5.41, 5.74) is 5.08. The number of benzene rings is 2. The van der Waals surface area contributed by atoms with Gasteiger partial charge in [-0.3, -0.25) is 4.98 Å². The van der Waals surface area contributed by atoms with E-state index in [9.17, 15) is 5.11 Å². The van der Waals surface area contributed by atoms with Gasteiger partial charge in [-0.05, 0) is 44.5 Å². The standard InChI is InChI=1S/C38H53N3O/c1-4-5-6-7-8-9-10-11-12-13-14-15-16-17-18-21-29-41-34-25-20-19-24-32(34)38(2,3)36(41)30-40-37-31-23-22-28-39-33(31)26-27-35(37)42/h19-20,22-28,30H,4-18,21,29H2,1-3H3/p+1. The number of nitrogens with zero attached hydrogens (tertiary/aromatic N) is 3. The van der Waals surface area contributed by atoms with Crippen molar-refractivity contribution in [3.63, 3.8) is 0 Å². The van der Waals surface area contributed by atoms with Crippen molar-refractivity contribution >= 4 is 34.2 Å². The third-order valence-electron chi connectivity index (χ3n) is 9.09. The minimum Gasteiger partial charge on any atom is -0.506 e. The molecule has 2 aromatic carbocycles. The molecule has 0 radical (unpaired) electrons. The van der Waals surface area contributed by atoms with Crippen LogP contribution in [0, 0.1) is 0 Å². The fourth-order valence-electron chi connectivity index (χ4n) is 6.52. The molecule has 226 valence electrons. The molecule has 0 fully saturated rings. The molecule has 0 amide bonds. The summed E-state index contributed by atoms with van der Waals surface area (Å²) in [7, 11) is 0. The number of aliphatic imine (C=N–C) groups is 1. The first kappa shape index (κ1) is 31.9. The topological polar surface area (TPSA) is 48.5 Å². The number of rotatable bonds is 19. The first-order valence-electron chi connectivity index (χ1n) is 16.9.